The van der Waals surface area contributed by atoms with Crippen molar-refractivity contribution in [1.29, 1.82) is 0 Å². The lowest BCUT2D eigenvalue weighted by Gasteiger charge is -2.37. The van der Waals surface area contributed by atoms with Crippen LogP contribution in [0.15, 0.2) is 91.0 Å². The zero-order valence-corrected chi connectivity index (χ0v) is 24.5. The molecule has 0 spiro atoms. The molecule has 1 atom stereocenters. The Morgan fingerprint density at radius 3 is 2.12 bits per heavy atom. The van der Waals surface area contributed by atoms with Crippen molar-refractivity contribution in [3.8, 4) is 23.0 Å². The number of carbonyl (C=O) groups excluding carboxylic acids is 1. The Balaban J connectivity index is 1.41. The number of carbonyl (C=O) groups is 1. The molecule has 1 aliphatic rings. The Bertz CT molecular complexity index is 1480. The molecule has 0 saturated carbocycles. The quantitative estimate of drug-likeness (QED) is 0.236. The van der Waals surface area contributed by atoms with Crippen molar-refractivity contribution in [2.75, 3.05) is 34.4 Å². The van der Waals surface area contributed by atoms with E-state index in [0.717, 1.165) is 41.0 Å². The highest BCUT2D eigenvalue weighted by molar-refractivity contribution is 5.78. The largest absolute Gasteiger partial charge is 0.493 e. The number of hydrogen-bond acceptors (Lipinski definition) is 6. The van der Waals surface area contributed by atoms with Crippen molar-refractivity contribution in [3.63, 3.8) is 0 Å². The molecule has 0 fully saturated rings. The molecule has 1 N–H and O–H groups in total. The highest BCUT2D eigenvalue weighted by Crippen LogP contribution is 2.40. The number of methoxy groups -OCH3 is 3. The zero-order chi connectivity index (χ0) is 29.3. The van der Waals surface area contributed by atoms with E-state index < -0.39 is 0 Å². The fourth-order valence-corrected chi connectivity index (χ4v) is 5.46. The van der Waals surface area contributed by atoms with Gasteiger partial charge in [0.2, 0.25) is 5.91 Å². The van der Waals surface area contributed by atoms with Crippen LogP contribution in [0.2, 0.25) is 0 Å². The fraction of sp³-hybridized carbons (Fsp3) is 0.286. The molecule has 1 unspecified atom stereocenters. The third-order valence-electron chi connectivity index (χ3n) is 7.69. The van der Waals surface area contributed by atoms with Crippen molar-refractivity contribution < 1.29 is 23.7 Å². The lowest BCUT2D eigenvalue weighted by atomic mass is 9.88. The molecule has 0 radical (unpaired) electrons. The molecule has 218 valence electrons. The maximum atomic E-state index is 13.1. The number of rotatable bonds is 12. The van der Waals surface area contributed by atoms with Gasteiger partial charge in [-0.2, -0.15) is 0 Å². The average molecular weight is 567 g/mol. The predicted octanol–water partition coefficient (Wildman–Crippen LogP) is 5.75. The molecule has 5 rings (SSSR count). The summed E-state index contributed by atoms with van der Waals surface area (Å²) in [4.78, 5) is 15.4. The van der Waals surface area contributed by atoms with Gasteiger partial charge in [-0.25, -0.2) is 0 Å². The molecule has 1 amide bonds. The van der Waals surface area contributed by atoms with Crippen LogP contribution < -0.4 is 24.3 Å². The lowest BCUT2D eigenvalue weighted by molar-refractivity contribution is -0.123. The molecule has 0 saturated heterocycles. The van der Waals surface area contributed by atoms with Gasteiger partial charge in [-0.3, -0.25) is 9.69 Å². The standard InChI is InChI=1S/C35H38N2O5/c1-39-31-15-14-27(19-32(31)40-2)18-30-29-21-33(41-3)34(42-24-26-12-8-5-9-13-26)20-28(29)16-17-37(30)23-35(38)36-22-25-10-6-4-7-11-25/h4-15,19-21,30H,16-18,22-24H2,1-3H3,(H,36,38). The van der Waals surface area contributed by atoms with Crippen LogP contribution in [0.4, 0.5) is 0 Å². The fourth-order valence-electron chi connectivity index (χ4n) is 5.46. The summed E-state index contributed by atoms with van der Waals surface area (Å²) in [5, 5.41) is 3.09. The van der Waals surface area contributed by atoms with Crippen molar-refractivity contribution in [2.24, 2.45) is 0 Å². The van der Waals surface area contributed by atoms with Crippen molar-refractivity contribution in [1.82, 2.24) is 10.2 Å². The van der Waals surface area contributed by atoms with Gasteiger partial charge in [0.25, 0.3) is 0 Å². The Hall–Kier alpha value is -4.49. The Morgan fingerprint density at radius 2 is 1.43 bits per heavy atom. The number of amides is 1. The average Bonchev–Trinajstić information content (AvgIpc) is 3.04. The van der Waals surface area contributed by atoms with Crippen LogP contribution in [0.1, 0.15) is 33.9 Å². The molecular formula is C35H38N2O5. The van der Waals surface area contributed by atoms with Crippen molar-refractivity contribution in [3.05, 3.63) is 119 Å². The Labute approximate surface area is 248 Å². The van der Waals surface area contributed by atoms with Gasteiger partial charge < -0.3 is 24.3 Å². The number of benzene rings is 4. The highest BCUT2D eigenvalue weighted by atomic mass is 16.5. The first-order valence-electron chi connectivity index (χ1n) is 14.2. The maximum Gasteiger partial charge on any atom is 0.234 e. The monoisotopic (exact) mass is 566 g/mol. The summed E-state index contributed by atoms with van der Waals surface area (Å²) in [5.41, 5.74) is 5.59. The first kappa shape index (κ1) is 29.0. The molecular weight excluding hydrogens is 528 g/mol. The molecule has 7 heteroatoms. The topological polar surface area (TPSA) is 69.3 Å². The van der Waals surface area contributed by atoms with Crippen molar-refractivity contribution >= 4 is 5.91 Å². The SMILES string of the molecule is COc1ccc(CC2c3cc(OC)c(OCc4ccccc4)cc3CCN2CC(=O)NCc2ccccc2)cc1OC. The van der Waals surface area contributed by atoms with Crippen LogP contribution in [-0.4, -0.2) is 45.2 Å². The van der Waals surface area contributed by atoms with Crippen LogP contribution in [0, 0.1) is 0 Å². The van der Waals surface area contributed by atoms with Gasteiger partial charge >= 0.3 is 0 Å². The minimum atomic E-state index is -0.0496. The molecule has 42 heavy (non-hydrogen) atoms. The molecule has 0 bridgehead atoms. The van der Waals surface area contributed by atoms with E-state index in [1.807, 2.05) is 72.8 Å². The van der Waals surface area contributed by atoms with Gasteiger partial charge in [-0.15, -0.1) is 0 Å². The summed E-state index contributed by atoms with van der Waals surface area (Å²) >= 11 is 0. The van der Waals surface area contributed by atoms with E-state index in [2.05, 4.69) is 28.4 Å². The highest BCUT2D eigenvalue weighted by Gasteiger charge is 2.31. The second kappa shape index (κ2) is 13.9. The van der Waals surface area contributed by atoms with Crippen LogP contribution in [-0.2, 0) is 30.8 Å². The Morgan fingerprint density at radius 1 is 0.762 bits per heavy atom. The van der Waals surface area contributed by atoms with Crippen molar-refractivity contribution in [2.45, 2.75) is 32.0 Å². The van der Waals surface area contributed by atoms with Gasteiger partial charge in [-0.1, -0.05) is 66.7 Å². The molecule has 1 aliphatic heterocycles. The smallest absolute Gasteiger partial charge is 0.234 e. The third kappa shape index (κ3) is 7.04. The first-order valence-corrected chi connectivity index (χ1v) is 14.2. The molecule has 7 nitrogen and oxygen atoms in total. The summed E-state index contributed by atoms with van der Waals surface area (Å²) in [6.45, 7) is 1.99. The summed E-state index contributed by atoms with van der Waals surface area (Å²) in [6.07, 6.45) is 1.49. The van der Waals surface area contributed by atoms with E-state index in [9.17, 15) is 4.79 Å². The predicted molar refractivity (Wildman–Crippen MR) is 163 cm³/mol. The van der Waals surface area contributed by atoms with E-state index >= 15 is 0 Å². The van der Waals surface area contributed by atoms with Crippen LogP contribution >= 0.6 is 0 Å². The van der Waals surface area contributed by atoms with Gasteiger partial charge in [-0.05, 0) is 64.9 Å². The molecule has 4 aromatic carbocycles. The van der Waals surface area contributed by atoms with Gasteiger partial charge in [0.1, 0.15) is 6.61 Å². The summed E-state index contributed by atoms with van der Waals surface area (Å²) in [7, 11) is 4.94. The van der Waals surface area contributed by atoms with Crippen LogP contribution in [0.3, 0.4) is 0 Å². The molecule has 0 aromatic heterocycles. The second-order valence-corrected chi connectivity index (χ2v) is 10.4. The number of ether oxygens (including phenoxy) is 4. The Kier molecular flexibility index (Phi) is 9.62. The lowest BCUT2D eigenvalue weighted by Crippen LogP contribution is -2.43. The van der Waals surface area contributed by atoms with E-state index in [-0.39, 0.29) is 11.9 Å². The van der Waals surface area contributed by atoms with E-state index in [0.29, 0.717) is 43.4 Å². The number of nitrogens with zero attached hydrogens (tertiary/aromatic N) is 1. The number of nitrogens with one attached hydrogen (secondary N) is 1. The van der Waals surface area contributed by atoms with Gasteiger partial charge in [0.15, 0.2) is 23.0 Å². The van der Waals surface area contributed by atoms with E-state index in [1.165, 1.54) is 5.56 Å². The zero-order valence-electron chi connectivity index (χ0n) is 24.5. The number of fused-ring (bicyclic) bond motifs is 1. The maximum absolute atomic E-state index is 13.1. The van der Waals surface area contributed by atoms with Crippen LogP contribution in [0.25, 0.3) is 0 Å². The molecule has 1 heterocycles. The number of hydrogen-bond donors (Lipinski definition) is 1. The first-order chi connectivity index (χ1) is 20.6. The van der Waals surface area contributed by atoms with E-state index in [1.54, 1.807) is 21.3 Å². The summed E-state index contributed by atoms with van der Waals surface area (Å²) < 4.78 is 23.1. The molecule has 4 aromatic rings. The molecule has 0 aliphatic carbocycles. The van der Waals surface area contributed by atoms with Gasteiger partial charge in [0.05, 0.1) is 27.9 Å². The van der Waals surface area contributed by atoms with E-state index in [4.69, 9.17) is 18.9 Å². The third-order valence-corrected chi connectivity index (χ3v) is 7.69. The summed E-state index contributed by atoms with van der Waals surface area (Å²) in [6, 6.07) is 30.2. The summed E-state index contributed by atoms with van der Waals surface area (Å²) in [5.74, 6) is 2.76. The minimum absolute atomic E-state index is 0.00519. The normalized spacial score (nSPS) is 14.5. The minimum Gasteiger partial charge on any atom is -0.493 e. The van der Waals surface area contributed by atoms with Gasteiger partial charge in [0, 0.05) is 19.1 Å². The van der Waals surface area contributed by atoms with Crippen LogP contribution in [0.5, 0.6) is 23.0 Å². The second-order valence-electron chi connectivity index (χ2n) is 10.4.